The number of pyridine rings is 7. The van der Waals surface area contributed by atoms with Gasteiger partial charge in [0.15, 0.2) is 29.0 Å². The number of hydrogen-bond donors (Lipinski definition) is 7. The fourth-order valence-corrected chi connectivity index (χ4v) is 7.61. The second-order valence-corrected chi connectivity index (χ2v) is 20.4. The van der Waals surface area contributed by atoms with Gasteiger partial charge in [0.05, 0.1) is 43.8 Å². The van der Waals surface area contributed by atoms with E-state index in [0.29, 0.717) is 33.6 Å². The molecule has 28 nitrogen and oxygen atoms in total. The zero-order valence-electron chi connectivity index (χ0n) is 54.7. The average Bonchev–Trinajstić information content (AvgIpc) is 0.915. The Hall–Kier alpha value is -10.2. The number of aliphatic carboxylic acids is 1. The minimum Gasteiger partial charge on any atom is -0.494 e. The number of halogens is 3. The number of nitrogens with zero attached hydrogens (tertiary/aromatic N) is 7. The molecule has 31 heteroatoms. The van der Waals surface area contributed by atoms with Crippen LogP contribution >= 0.6 is 35.6 Å². The van der Waals surface area contributed by atoms with Gasteiger partial charge in [-0.15, -0.1) is 12.4 Å². The van der Waals surface area contributed by atoms with Crippen molar-refractivity contribution in [2.75, 3.05) is 28.3 Å². The summed E-state index contributed by atoms with van der Waals surface area (Å²) in [5, 5.41) is 43.9. The van der Waals surface area contributed by atoms with Gasteiger partial charge in [0, 0.05) is 112 Å². The quantitative estimate of drug-likeness (QED) is 0.0165. The first-order chi connectivity index (χ1) is 43.6. The molecule has 7 rings (SSSR count). The van der Waals surface area contributed by atoms with Crippen LogP contribution in [0.15, 0.2) is 89.7 Å². The van der Waals surface area contributed by atoms with E-state index in [9.17, 15) is 57.5 Å². The summed E-state index contributed by atoms with van der Waals surface area (Å²) in [6.45, 7) is 20.8. The van der Waals surface area contributed by atoms with E-state index in [4.69, 9.17) is 53.6 Å². The molecule has 7 heterocycles. The maximum atomic E-state index is 11.7. The van der Waals surface area contributed by atoms with Gasteiger partial charge < -0.3 is 30.4 Å². The number of carboxylic acids is 4. The lowest BCUT2D eigenvalue weighted by Crippen LogP contribution is -2.25. The van der Waals surface area contributed by atoms with Crippen LogP contribution in [0, 0.1) is 69.2 Å². The summed E-state index contributed by atoms with van der Waals surface area (Å²) in [5.74, 6) is -8.51. The number of nitrogens with one attached hydrogen (secondary N) is 2. The fourth-order valence-electron chi connectivity index (χ4n) is 7.15. The Morgan fingerprint density at radius 2 is 0.735 bits per heavy atom. The Kier molecular flexibility index (Phi) is 47.7. The molecular formula is C67H86Cl3N9O19. The molecule has 0 atom stereocenters. The number of carbonyl (C=O) groups is 11. The third-order valence-corrected chi connectivity index (χ3v) is 11.5. The number of H-pyrrole nitrogens is 1. The Morgan fingerprint density at radius 1 is 0.459 bits per heavy atom. The molecule has 0 spiro atoms. The predicted molar refractivity (Wildman–Crippen MR) is 371 cm³/mol. The van der Waals surface area contributed by atoms with E-state index in [-0.39, 0.29) is 80.0 Å². The molecule has 7 aromatic rings. The van der Waals surface area contributed by atoms with Crippen molar-refractivity contribution in [1.82, 2.24) is 45.4 Å². The number of aryl methyl sites for hydroxylation is 10. The van der Waals surface area contributed by atoms with Gasteiger partial charge in [-0.2, -0.15) is 0 Å². The summed E-state index contributed by atoms with van der Waals surface area (Å²) < 4.78 is 0. The van der Waals surface area contributed by atoms with Gasteiger partial charge in [0.25, 0.3) is 11.5 Å². The van der Waals surface area contributed by atoms with Crippen molar-refractivity contribution >= 4 is 100 Å². The van der Waals surface area contributed by atoms with E-state index >= 15 is 0 Å². The SMILES string of the molecule is C.C.C.CC(=O)C(=O)CC(=O)c1cc(C)nc(C)c1.CC(=O)c1cc(C)nc(C)c1.CNOC.CON(C)C(=O)c1cc(C)nc(C)c1.Cc1cc(C(=O)CC(=O)C(=O)O)cc(C)n1.Cc1cc(C(=O)O)cc(C)n1.Cl.O=C(O)c1cc(Cl)nc(Cl)c1.O=C(O)c1cc(O)[nH]c(=O)c1. The molecule has 0 aliphatic rings. The molecule has 1 amide bonds. The fraction of sp³-hybridized carbons (Fsp3) is 0.313. The summed E-state index contributed by atoms with van der Waals surface area (Å²) in [5.41, 5.74) is 11.7. The van der Waals surface area contributed by atoms with Crippen molar-refractivity contribution in [3.8, 4) is 5.88 Å². The zero-order chi connectivity index (χ0) is 72.4. The van der Waals surface area contributed by atoms with E-state index in [2.05, 4.69) is 40.2 Å². The van der Waals surface area contributed by atoms with E-state index in [1.54, 1.807) is 118 Å². The Bertz CT molecular complexity index is 3600. The van der Waals surface area contributed by atoms with Crippen LogP contribution < -0.4 is 11.0 Å². The first kappa shape index (κ1) is 96.5. The molecule has 0 bridgehead atoms. The standard InChI is InChI=1S/C12H13NO3.C11H11NO4.C10H14N2O2.C9H11NO.C8H9NO2.C6H3Cl2NO2.C6H5NO4.C2H7NO.3CH4.ClH/c1-7-4-10(5-8(2)13-7)12(16)6-11(15)9(3)14;1-6-3-8(4-7(2)12-6)9(13)5-10(14)11(15)16;1-7-5-9(6-8(2)11-7)10(13)12(3)14-4;1-6-4-9(8(3)11)5-7(2)10-6;1-5-3-7(8(10)11)4-6(2)9-5;7-4-1-3(6(10)11)2-5(8)9-4;8-4-1-3(6(10)11)2-5(9)7-4;1-3-4-2;;;;/h4-5H,6H2,1-3H3;3-4H,5H2,1-2H3,(H,15,16);5-6H,1-4H3;4-5H,1-3H3;3-4H,1-2H3,(H,10,11);1-2H,(H,10,11);1-2H,(H,10,11)(H2,7,8,9);3H,1-2H3;3*1H4;1H. The van der Waals surface area contributed by atoms with Crippen molar-refractivity contribution in [3.05, 3.63) is 201 Å². The molecule has 0 aromatic carbocycles. The highest BCUT2D eigenvalue weighted by Gasteiger charge is 2.19. The summed E-state index contributed by atoms with van der Waals surface area (Å²) >= 11 is 10.9. The van der Waals surface area contributed by atoms with Crippen LogP contribution in [-0.2, 0) is 28.9 Å². The maximum Gasteiger partial charge on any atom is 0.372 e. The van der Waals surface area contributed by atoms with E-state index in [1.165, 1.54) is 43.4 Å². The molecule has 0 unspecified atom stereocenters. The number of Topliss-reactive ketones (excluding diaryl/α,β-unsaturated/α-hetero) is 6. The number of ketones is 6. The van der Waals surface area contributed by atoms with Gasteiger partial charge in [-0.3, -0.25) is 73.1 Å². The summed E-state index contributed by atoms with van der Waals surface area (Å²) in [4.78, 5) is 166. The first-order valence-corrected chi connectivity index (χ1v) is 28.0. The number of aromatic nitrogens is 7. The number of hydrogen-bond acceptors (Lipinski definition) is 22. The number of rotatable bonds is 15. The van der Waals surface area contributed by atoms with Crippen LogP contribution in [0.4, 0.5) is 0 Å². The first-order valence-electron chi connectivity index (χ1n) is 27.2. The second-order valence-electron chi connectivity index (χ2n) is 19.6. The highest BCUT2D eigenvalue weighted by atomic mass is 35.5. The Balaban J connectivity index is -0.000000339. The van der Waals surface area contributed by atoms with Gasteiger partial charge in [0.1, 0.15) is 10.3 Å². The average molecular weight is 1430 g/mol. The zero-order valence-corrected chi connectivity index (χ0v) is 57.1. The van der Waals surface area contributed by atoms with Gasteiger partial charge in [0.2, 0.25) is 11.6 Å². The topological polar surface area (TPSA) is 433 Å². The lowest BCUT2D eigenvalue weighted by molar-refractivity contribution is -0.148. The molecule has 7 N–H and O–H groups in total. The summed E-state index contributed by atoms with van der Waals surface area (Å²) in [7, 11) is 6.31. The summed E-state index contributed by atoms with van der Waals surface area (Å²) in [6, 6.07) is 20.8. The number of aromatic hydroxyl groups is 1. The molecule has 98 heavy (non-hydrogen) atoms. The molecule has 0 aliphatic carbocycles. The van der Waals surface area contributed by atoms with Gasteiger partial charge >= 0.3 is 23.9 Å². The van der Waals surface area contributed by atoms with E-state index in [1.807, 2.05) is 32.7 Å². The number of amides is 1. The van der Waals surface area contributed by atoms with Crippen molar-refractivity contribution in [3.63, 3.8) is 0 Å². The number of carbonyl (C=O) groups excluding carboxylic acids is 7. The Morgan fingerprint density at radius 3 is 1.00 bits per heavy atom. The van der Waals surface area contributed by atoms with E-state index in [0.717, 1.165) is 63.2 Å². The van der Waals surface area contributed by atoms with Gasteiger partial charge in [-0.1, -0.05) is 45.5 Å². The van der Waals surface area contributed by atoms with Gasteiger partial charge in [-0.25, -0.2) is 34.7 Å². The van der Waals surface area contributed by atoms with E-state index < -0.39 is 64.9 Å². The second kappa shape index (κ2) is 48.5. The van der Waals surface area contributed by atoms with Crippen LogP contribution in [0.2, 0.25) is 10.3 Å². The van der Waals surface area contributed by atoms with Crippen molar-refractivity contribution in [2.45, 2.75) is 118 Å². The minimum atomic E-state index is -1.59. The lowest BCUT2D eigenvalue weighted by atomic mass is 10.0. The normalized spacial score (nSPS) is 9.29. The largest absolute Gasteiger partial charge is 0.494 e. The Labute approximate surface area is 584 Å². The van der Waals surface area contributed by atoms with Crippen LogP contribution in [0.3, 0.4) is 0 Å². The molecular weight excluding hydrogens is 1340 g/mol. The van der Waals surface area contributed by atoms with Crippen molar-refractivity contribution in [2.24, 2.45) is 0 Å². The van der Waals surface area contributed by atoms with Crippen LogP contribution in [0.5, 0.6) is 5.88 Å². The molecule has 534 valence electrons. The van der Waals surface area contributed by atoms with Gasteiger partial charge in [-0.05, 0) is 149 Å². The van der Waals surface area contributed by atoms with Crippen molar-refractivity contribution in [1.29, 1.82) is 0 Å². The molecule has 0 saturated carbocycles. The van der Waals surface area contributed by atoms with Crippen LogP contribution in [-0.4, -0.2) is 158 Å². The lowest BCUT2D eigenvalue weighted by Gasteiger charge is -2.13. The number of carboxylic acid groups (broad SMARTS) is 4. The third kappa shape index (κ3) is 39.6. The smallest absolute Gasteiger partial charge is 0.372 e. The van der Waals surface area contributed by atoms with Crippen molar-refractivity contribution < 1.29 is 87.9 Å². The predicted octanol–water partition coefficient (Wildman–Crippen LogP) is 10.9. The molecule has 0 saturated heterocycles. The molecule has 0 radical (unpaired) electrons. The number of hydroxylamine groups is 3. The maximum absolute atomic E-state index is 11.7. The molecule has 7 aromatic heterocycles. The minimum absolute atomic E-state index is 0. The monoisotopic (exact) mass is 1430 g/mol. The number of aromatic carboxylic acids is 3. The number of aromatic amines is 1. The third-order valence-electron chi connectivity index (χ3n) is 11.1. The highest BCUT2D eigenvalue weighted by molar-refractivity contribution is 6.40. The van der Waals surface area contributed by atoms with Crippen LogP contribution in [0.25, 0.3) is 0 Å². The van der Waals surface area contributed by atoms with Crippen LogP contribution in [0.1, 0.15) is 178 Å². The highest BCUT2D eigenvalue weighted by Crippen LogP contribution is 2.15. The molecule has 0 fully saturated rings. The summed E-state index contributed by atoms with van der Waals surface area (Å²) in [6.07, 6.45) is -0.976. The molecule has 0 aliphatic heterocycles.